The molecule has 1 N–H and O–H groups in total. The van der Waals surface area contributed by atoms with Crippen molar-refractivity contribution in [3.8, 4) is 11.8 Å². The molecule has 21 heavy (non-hydrogen) atoms. The lowest BCUT2D eigenvalue weighted by Crippen LogP contribution is -2.18. The smallest absolute Gasteiger partial charge is 0.357 e. The normalized spacial score (nSPS) is 11.2. The summed E-state index contributed by atoms with van der Waals surface area (Å²) in [6.45, 7) is 5.93. The standard InChI is InChI=1S/C15H14BrN3O2/c1-15(2,3)13-11(16)12(14(20)21)18-19(13)10-6-4-5-9(7-10)8-17/h4-7H,1-3H3,(H,20,21). The van der Waals surface area contributed by atoms with Gasteiger partial charge in [0.05, 0.1) is 27.5 Å². The van der Waals surface area contributed by atoms with Crippen LogP contribution in [0, 0.1) is 11.3 Å². The van der Waals surface area contributed by atoms with Gasteiger partial charge < -0.3 is 5.11 Å². The number of hydrogen-bond acceptors (Lipinski definition) is 3. The predicted molar refractivity (Wildman–Crippen MR) is 81.6 cm³/mol. The molecule has 0 fully saturated rings. The summed E-state index contributed by atoms with van der Waals surface area (Å²) in [6, 6.07) is 8.98. The van der Waals surface area contributed by atoms with E-state index in [9.17, 15) is 9.90 Å². The molecule has 6 heteroatoms. The Labute approximate surface area is 131 Å². The van der Waals surface area contributed by atoms with Gasteiger partial charge >= 0.3 is 5.97 Å². The number of carboxylic acids is 1. The van der Waals surface area contributed by atoms with Crippen molar-refractivity contribution in [1.82, 2.24) is 9.78 Å². The van der Waals surface area contributed by atoms with Crippen LogP contribution in [0.4, 0.5) is 0 Å². The predicted octanol–water partition coefficient (Wildman–Crippen LogP) is 3.50. The highest BCUT2D eigenvalue weighted by Gasteiger charge is 2.29. The quantitative estimate of drug-likeness (QED) is 0.901. The lowest BCUT2D eigenvalue weighted by Gasteiger charge is -2.21. The van der Waals surface area contributed by atoms with Crippen molar-refractivity contribution < 1.29 is 9.90 Å². The summed E-state index contributed by atoms with van der Waals surface area (Å²) in [5.41, 5.74) is 1.54. The van der Waals surface area contributed by atoms with Crippen molar-refractivity contribution in [2.45, 2.75) is 26.2 Å². The first-order valence-electron chi connectivity index (χ1n) is 6.28. The van der Waals surface area contributed by atoms with E-state index in [1.54, 1.807) is 28.9 Å². The minimum Gasteiger partial charge on any atom is -0.476 e. The highest BCUT2D eigenvalue weighted by atomic mass is 79.9. The first kappa shape index (κ1) is 15.3. The number of rotatable bonds is 2. The van der Waals surface area contributed by atoms with Crippen molar-refractivity contribution >= 4 is 21.9 Å². The Hall–Kier alpha value is -2.13. The second kappa shape index (κ2) is 5.34. The van der Waals surface area contributed by atoms with Crippen LogP contribution in [0.2, 0.25) is 0 Å². The Morgan fingerprint density at radius 3 is 2.62 bits per heavy atom. The van der Waals surface area contributed by atoms with Gasteiger partial charge in [-0.05, 0) is 34.1 Å². The Morgan fingerprint density at radius 2 is 2.10 bits per heavy atom. The van der Waals surface area contributed by atoms with Gasteiger partial charge in [-0.3, -0.25) is 0 Å². The Bertz CT molecular complexity index is 751. The lowest BCUT2D eigenvalue weighted by molar-refractivity contribution is 0.0689. The molecule has 1 heterocycles. The van der Waals surface area contributed by atoms with Gasteiger partial charge in [0.2, 0.25) is 0 Å². The van der Waals surface area contributed by atoms with E-state index in [1.165, 1.54) is 0 Å². The SMILES string of the molecule is CC(C)(C)c1c(Br)c(C(=O)O)nn1-c1cccc(C#N)c1. The zero-order valence-electron chi connectivity index (χ0n) is 11.9. The molecule has 1 aromatic carbocycles. The molecular formula is C15H14BrN3O2. The van der Waals surface area contributed by atoms with Gasteiger partial charge in [0, 0.05) is 5.41 Å². The monoisotopic (exact) mass is 347 g/mol. The lowest BCUT2D eigenvalue weighted by atomic mass is 9.91. The van der Waals surface area contributed by atoms with Crippen molar-refractivity contribution in [3.05, 3.63) is 45.7 Å². The maximum Gasteiger partial charge on any atom is 0.357 e. The summed E-state index contributed by atoms with van der Waals surface area (Å²) in [7, 11) is 0. The number of nitrogens with zero attached hydrogens (tertiary/aromatic N) is 3. The van der Waals surface area contributed by atoms with Crippen molar-refractivity contribution in [1.29, 1.82) is 5.26 Å². The third kappa shape index (κ3) is 2.83. The summed E-state index contributed by atoms with van der Waals surface area (Å²) < 4.78 is 2.04. The zero-order valence-corrected chi connectivity index (χ0v) is 13.5. The van der Waals surface area contributed by atoms with Crippen LogP contribution in [0.1, 0.15) is 42.5 Å². The molecule has 108 valence electrons. The molecule has 5 nitrogen and oxygen atoms in total. The molecule has 0 amide bonds. The van der Waals surface area contributed by atoms with Gasteiger partial charge in [0.25, 0.3) is 0 Å². The molecule has 0 bridgehead atoms. The van der Waals surface area contributed by atoms with E-state index in [0.29, 0.717) is 15.7 Å². The van der Waals surface area contributed by atoms with E-state index in [-0.39, 0.29) is 11.1 Å². The molecule has 0 saturated carbocycles. The van der Waals surface area contributed by atoms with E-state index in [2.05, 4.69) is 27.1 Å². The fourth-order valence-corrected chi connectivity index (χ4v) is 3.09. The molecule has 0 aliphatic heterocycles. The topological polar surface area (TPSA) is 78.9 Å². The van der Waals surface area contributed by atoms with E-state index >= 15 is 0 Å². The second-order valence-electron chi connectivity index (χ2n) is 5.64. The van der Waals surface area contributed by atoms with Crippen LogP contribution in [-0.2, 0) is 5.41 Å². The fourth-order valence-electron chi connectivity index (χ4n) is 2.08. The molecule has 2 aromatic rings. The second-order valence-corrected chi connectivity index (χ2v) is 6.43. The van der Waals surface area contributed by atoms with Gasteiger partial charge in [0.1, 0.15) is 0 Å². The molecule has 0 aliphatic rings. The summed E-state index contributed by atoms with van der Waals surface area (Å²) >= 11 is 3.34. The van der Waals surface area contributed by atoms with Crippen molar-refractivity contribution in [2.75, 3.05) is 0 Å². The maximum atomic E-state index is 11.3. The van der Waals surface area contributed by atoms with Gasteiger partial charge in [-0.2, -0.15) is 10.4 Å². The van der Waals surface area contributed by atoms with Crippen LogP contribution in [0.3, 0.4) is 0 Å². The third-order valence-corrected chi connectivity index (χ3v) is 3.71. The van der Waals surface area contributed by atoms with E-state index in [4.69, 9.17) is 5.26 Å². The fraction of sp³-hybridized carbons (Fsp3) is 0.267. The van der Waals surface area contributed by atoms with E-state index in [0.717, 1.165) is 5.69 Å². The minimum absolute atomic E-state index is 0.0396. The van der Waals surface area contributed by atoms with Crippen LogP contribution in [0.15, 0.2) is 28.7 Å². The Morgan fingerprint density at radius 1 is 1.43 bits per heavy atom. The van der Waals surface area contributed by atoms with Crippen molar-refractivity contribution in [2.24, 2.45) is 0 Å². The van der Waals surface area contributed by atoms with Gasteiger partial charge in [-0.15, -0.1) is 0 Å². The summed E-state index contributed by atoms with van der Waals surface area (Å²) in [6.07, 6.45) is 0. The number of hydrogen-bond donors (Lipinski definition) is 1. The number of carbonyl (C=O) groups is 1. The first-order valence-corrected chi connectivity index (χ1v) is 7.08. The van der Waals surface area contributed by atoms with Crippen LogP contribution in [-0.4, -0.2) is 20.9 Å². The molecule has 0 spiro atoms. The number of carboxylic acid groups (broad SMARTS) is 1. The molecule has 2 rings (SSSR count). The third-order valence-electron chi connectivity index (χ3n) is 2.96. The molecule has 0 saturated heterocycles. The summed E-state index contributed by atoms with van der Waals surface area (Å²) in [4.78, 5) is 11.3. The summed E-state index contributed by atoms with van der Waals surface area (Å²) in [5, 5.41) is 22.4. The summed E-state index contributed by atoms with van der Waals surface area (Å²) in [5.74, 6) is -1.09. The highest BCUT2D eigenvalue weighted by molar-refractivity contribution is 9.10. The average molecular weight is 348 g/mol. The number of aromatic carboxylic acids is 1. The van der Waals surface area contributed by atoms with E-state index < -0.39 is 5.97 Å². The van der Waals surface area contributed by atoms with Crippen molar-refractivity contribution in [3.63, 3.8) is 0 Å². The van der Waals surface area contributed by atoms with Crippen LogP contribution < -0.4 is 0 Å². The molecule has 1 aromatic heterocycles. The zero-order chi connectivity index (χ0) is 15.8. The molecule has 0 radical (unpaired) electrons. The number of nitriles is 1. The molecule has 0 atom stereocenters. The number of aromatic nitrogens is 2. The highest BCUT2D eigenvalue weighted by Crippen LogP contribution is 2.34. The number of benzene rings is 1. The maximum absolute atomic E-state index is 11.3. The number of halogens is 1. The van der Waals surface area contributed by atoms with Gasteiger partial charge in [-0.1, -0.05) is 26.8 Å². The van der Waals surface area contributed by atoms with Crippen LogP contribution in [0.25, 0.3) is 5.69 Å². The largest absolute Gasteiger partial charge is 0.476 e. The molecular weight excluding hydrogens is 334 g/mol. The van der Waals surface area contributed by atoms with Gasteiger partial charge in [0.15, 0.2) is 5.69 Å². The Balaban J connectivity index is 2.76. The first-order chi connectivity index (χ1) is 9.75. The average Bonchev–Trinajstić information content (AvgIpc) is 2.76. The van der Waals surface area contributed by atoms with Crippen LogP contribution >= 0.6 is 15.9 Å². The minimum atomic E-state index is -1.09. The van der Waals surface area contributed by atoms with E-state index in [1.807, 2.05) is 20.8 Å². The van der Waals surface area contributed by atoms with Crippen LogP contribution in [0.5, 0.6) is 0 Å². The van der Waals surface area contributed by atoms with Gasteiger partial charge in [-0.25, -0.2) is 9.48 Å². The molecule has 0 unspecified atom stereocenters. The Kier molecular flexibility index (Phi) is 3.88. The molecule has 0 aliphatic carbocycles.